The lowest BCUT2D eigenvalue weighted by Gasteiger charge is -2.28. The fourth-order valence-electron chi connectivity index (χ4n) is 9.21. The van der Waals surface area contributed by atoms with Crippen molar-refractivity contribution in [3.05, 3.63) is 94.6 Å². The van der Waals surface area contributed by atoms with Crippen molar-refractivity contribution >= 4 is 11.6 Å². The van der Waals surface area contributed by atoms with Crippen LogP contribution >= 0.6 is 0 Å². The Balaban J connectivity index is 1.03. The Morgan fingerprint density at radius 2 is 1.74 bits per heavy atom. The second-order valence-corrected chi connectivity index (χ2v) is 13.5. The fourth-order valence-corrected chi connectivity index (χ4v) is 9.21. The van der Waals surface area contributed by atoms with Crippen LogP contribution in [0, 0.1) is 41.9 Å². The minimum atomic E-state index is 0.0900. The van der Waals surface area contributed by atoms with Crippen molar-refractivity contribution in [1.82, 2.24) is 0 Å². The number of carbonyl (C=O) groups excluding carboxylic acids is 2. The van der Waals surface area contributed by atoms with E-state index in [4.69, 9.17) is 0 Å². The van der Waals surface area contributed by atoms with E-state index in [9.17, 15) is 9.59 Å². The van der Waals surface area contributed by atoms with Crippen molar-refractivity contribution in [3.8, 4) is 0 Å². The normalized spacial score (nSPS) is 35.5. The molecule has 0 aromatic heterocycles. The van der Waals surface area contributed by atoms with Gasteiger partial charge in [-0.1, -0.05) is 85.2 Å². The molecule has 0 heterocycles. The van der Waals surface area contributed by atoms with Crippen LogP contribution in [0.25, 0.3) is 0 Å². The maximum absolute atomic E-state index is 13.5. The summed E-state index contributed by atoms with van der Waals surface area (Å²) in [6.45, 7) is 2.08. The molecule has 0 spiro atoms. The van der Waals surface area contributed by atoms with Gasteiger partial charge in [0, 0.05) is 24.2 Å². The van der Waals surface area contributed by atoms with Crippen molar-refractivity contribution in [2.75, 3.05) is 0 Å². The molecule has 0 radical (unpaired) electrons. The van der Waals surface area contributed by atoms with Gasteiger partial charge in [0.25, 0.3) is 0 Å². The van der Waals surface area contributed by atoms with Crippen LogP contribution in [0.5, 0.6) is 0 Å². The Labute approximate surface area is 234 Å². The predicted molar refractivity (Wildman–Crippen MR) is 156 cm³/mol. The van der Waals surface area contributed by atoms with Crippen molar-refractivity contribution < 1.29 is 9.59 Å². The van der Waals surface area contributed by atoms with E-state index < -0.39 is 0 Å². The van der Waals surface area contributed by atoms with Gasteiger partial charge in [0.05, 0.1) is 0 Å². The average Bonchev–Trinajstić information content (AvgIpc) is 3.47. The highest BCUT2D eigenvalue weighted by Crippen LogP contribution is 2.70. The summed E-state index contributed by atoms with van der Waals surface area (Å²) < 4.78 is 0. The zero-order valence-electron chi connectivity index (χ0n) is 23.4. The first-order valence-electron chi connectivity index (χ1n) is 15.6. The van der Waals surface area contributed by atoms with E-state index >= 15 is 0 Å². The molecular weight excluding hydrogens is 476 g/mol. The second kappa shape index (κ2) is 10.0. The van der Waals surface area contributed by atoms with Crippen LogP contribution in [0.4, 0.5) is 0 Å². The van der Waals surface area contributed by atoms with Gasteiger partial charge in [-0.05, 0) is 104 Å². The lowest BCUT2D eigenvalue weighted by atomic mass is 9.75. The minimum Gasteiger partial charge on any atom is -0.299 e. The van der Waals surface area contributed by atoms with Crippen LogP contribution < -0.4 is 0 Å². The number of allylic oxidation sites excluding steroid dienone is 4. The zero-order valence-corrected chi connectivity index (χ0v) is 23.4. The maximum Gasteiger partial charge on any atom is 0.163 e. The molecular formula is C37H42O2. The van der Waals surface area contributed by atoms with E-state index in [1.54, 1.807) is 0 Å². The molecule has 3 fully saturated rings. The summed E-state index contributed by atoms with van der Waals surface area (Å²) in [4.78, 5) is 26.8. The molecule has 7 unspecified atom stereocenters. The van der Waals surface area contributed by atoms with Crippen LogP contribution in [0.3, 0.4) is 0 Å². The summed E-state index contributed by atoms with van der Waals surface area (Å²) in [6, 6.07) is 19.4. The Bertz CT molecular complexity index is 1310. The number of ketones is 2. The second-order valence-electron chi connectivity index (χ2n) is 13.5. The molecule has 2 nitrogen and oxygen atoms in total. The van der Waals surface area contributed by atoms with Crippen LogP contribution in [-0.2, 0) is 16.0 Å². The number of hydrogen-bond donors (Lipinski definition) is 0. The SMILES string of the molecule is Cc1ccc(CC(=O)C2=C3C=CC4(C5CC(C6CCCC(c7ccccc7)CC6)CC5=O)CC4C3CC2)cc1. The van der Waals surface area contributed by atoms with E-state index in [2.05, 4.69) is 73.7 Å². The standard InChI is InChI=1S/C37H42O2/c1-24-10-12-25(13-11-24)20-35(38)32-17-16-31-30(32)18-19-37(23-34(31)37)33-21-29(22-36(33)39)28-9-5-8-27(14-15-28)26-6-3-2-4-7-26/h2-4,6-7,10-13,18-19,27-29,31,33-34H,5,8-9,14-17,20-23H2,1H3. The molecule has 7 atom stereocenters. The van der Waals surface area contributed by atoms with Gasteiger partial charge in [-0.15, -0.1) is 0 Å². The van der Waals surface area contributed by atoms with Crippen LogP contribution in [0.15, 0.2) is 77.9 Å². The highest BCUT2D eigenvalue weighted by atomic mass is 16.1. The van der Waals surface area contributed by atoms with Crippen molar-refractivity contribution in [2.24, 2.45) is 35.0 Å². The first-order chi connectivity index (χ1) is 19.0. The first kappa shape index (κ1) is 25.2. The van der Waals surface area contributed by atoms with Gasteiger partial charge in [0.1, 0.15) is 5.78 Å². The molecule has 3 saturated carbocycles. The van der Waals surface area contributed by atoms with E-state index in [1.165, 1.54) is 48.8 Å². The summed E-state index contributed by atoms with van der Waals surface area (Å²) in [5.41, 5.74) is 6.31. The quantitative estimate of drug-likeness (QED) is 0.360. The molecule has 2 aromatic carbocycles. The van der Waals surface area contributed by atoms with E-state index in [1.807, 2.05) is 0 Å². The van der Waals surface area contributed by atoms with Gasteiger partial charge in [0.15, 0.2) is 5.78 Å². The highest BCUT2D eigenvalue weighted by Gasteiger charge is 2.65. The van der Waals surface area contributed by atoms with Gasteiger partial charge >= 0.3 is 0 Å². The smallest absolute Gasteiger partial charge is 0.163 e. The zero-order chi connectivity index (χ0) is 26.6. The third kappa shape index (κ3) is 4.58. The molecule has 0 N–H and O–H groups in total. The third-order valence-corrected chi connectivity index (χ3v) is 11.4. The lowest BCUT2D eigenvalue weighted by molar-refractivity contribution is -0.122. The summed E-state index contributed by atoms with van der Waals surface area (Å²) >= 11 is 0. The Kier molecular flexibility index (Phi) is 6.49. The van der Waals surface area contributed by atoms with Gasteiger partial charge < -0.3 is 0 Å². The van der Waals surface area contributed by atoms with Crippen molar-refractivity contribution in [1.29, 1.82) is 0 Å². The molecule has 5 aliphatic carbocycles. The fraction of sp³-hybridized carbons (Fsp3) is 0.514. The molecule has 39 heavy (non-hydrogen) atoms. The molecule has 5 aliphatic rings. The Morgan fingerprint density at radius 3 is 2.56 bits per heavy atom. The number of Topliss-reactive ketones (excluding diaryl/α,β-unsaturated/α-hetero) is 2. The molecule has 2 aromatic rings. The van der Waals surface area contributed by atoms with Crippen LogP contribution in [0.2, 0.25) is 0 Å². The van der Waals surface area contributed by atoms with Crippen molar-refractivity contribution in [3.63, 3.8) is 0 Å². The number of rotatable bonds is 6. The number of aryl methyl sites for hydroxylation is 1. The monoisotopic (exact) mass is 518 g/mol. The molecule has 2 heteroatoms. The first-order valence-corrected chi connectivity index (χ1v) is 15.6. The van der Waals surface area contributed by atoms with Gasteiger partial charge in [-0.3, -0.25) is 9.59 Å². The number of fused-ring (bicyclic) bond motifs is 3. The topological polar surface area (TPSA) is 34.1 Å². The molecule has 0 bridgehead atoms. The van der Waals surface area contributed by atoms with E-state index in [-0.39, 0.29) is 11.3 Å². The molecule has 0 amide bonds. The summed E-state index contributed by atoms with van der Waals surface area (Å²) in [6.07, 6.45) is 16.7. The van der Waals surface area contributed by atoms with Crippen LogP contribution in [0.1, 0.15) is 86.8 Å². The Hall–Kier alpha value is -2.74. The predicted octanol–water partition coefficient (Wildman–Crippen LogP) is 8.35. The van der Waals surface area contributed by atoms with Crippen LogP contribution in [-0.4, -0.2) is 11.6 Å². The average molecular weight is 519 g/mol. The maximum atomic E-state index is 13.5. The van der Waals surface area contributed by atoms with Crippen molar-refractivity contribution in [2.45, 2.75) is 83.5 Å². The van der Waals surface area contributed by atoms with E-state index in [0.29, 0.717) is 47.6 Å². The molecule has 202 valence electrons. The third-order valence-electron chi connectivity index (χ3n) is 11.4. The molecule has 0 saturated heterocycles. The summed E-state index contributed by atoms with van der Waals surface area (Å²) in [5.74, 6) is 4.09. The largest absolute Gasteiger partial charge is 0.299 e. The van der Waals surface area contributed by atoms with E-state index in [0.717, 1.165) is 43.2 Å². The number of hydrogen-bond acceptors (Lipinski definition) is 2. The molecule has 0 aliphatic heterocycles. The summed E-state index contributed by atoms with van der Waals surface area (Å²) in [5, 5.41) is 0. The lowest BCUT2D eigenvalue weighted by Crippen LogP contribution is -2.25. The minimum absolute atomic E-state index is 0.0900. The van der Waals surface area contributed by atoms with Gasteiger partial charge in [-0.25, -0.2) is 0 Å². The van der Waals surface area contributed by atoms with Gasteiger partial charge in [0.2, 0.25) is 0 Å². The number of carbonyl (C=O) groups is 2. The summed E-state index contributed by atoms with van der Waals surface area (Å²) in [7, 11) is 0. The van der Waals surface area contributed by atoms with Gasteiger partial charge in [-0.2, -0.15) is 0 Å². The number of benzene rings is 2. The molecule has 7 rings (SSSR count). The highest BCUT2D eigenvalue weighted by molar-refractivity contribution is 5.98. The Morgan fingerprint density at radius 1 is 0.923 bits per heavy atom.